The lowest BCUT2D eigenvalue weighted by Crippen LogP contribution is -2.28. The van der Waals surface area contributed by atoms with Crippen LogP contribution in [0.1, 0.15) is 17.2 Å². The molecular weight excluding hydrogens is 350 g/mol. The Kier molecular flexibility index (Phi) is 4.40. The molecule has 0 spiro atoms. The van der Waals surface area contributed by atoms with Gasteiger partial charge in [-0.15, -0.1) is 0 Å². The van der Waals surface area contributed by atoms with Crippen LogP contribution in [0.3, 0.4) is 0 Å². The minimum absolute atomic E-state index is 0.0921. The van der Waals surface area contributed by atoms with E-state index in [1.165, 1.54) is 0 Å². The van der Waals surface area contributed by atoms with E-state index in [0.717, 1.165) is 23.1 Å². The Labute approximate surface area is 152 Å². The minimum atomic E-state index is -3.74. The molecule has 3 aromatic rings. The number of aliphatic hydroxyl groups excluding tert-OH is 1. The van der Waals surface area contributed by atoms with Crippen molar-refractivity contribution in [2.45, 2.75) is 17.4 Å². The van der Waals surface area contributed by atoms with Crippen molar-refractivity contribution in [2.24, 2.45) is 0 Å². The van der Waals surface area contributed by atoms with Crippen LogP contribution >= 0.6 is 0 Å². The molecule has 1 aliphatic rings. The summed E-state index contributed by atoms with van der Waals surface area (Å²) in [6.45, 7) is 0.549. The van der Waals surface area contributed by atoms with Crippen molar-refractivity contribution in [3.05, 3.63) is 71.8 Å². The topological polar surface area (TPSA) is 75.6 Å². The molecule has 3 aromatic carbocycles. The van der Waals surface area contributed by atoms with Crippen LogP contribution in [0.15, 0.2) is 65.6 Å². The summed E-state index contributed by atoms with van der Waals surface area (Å²) in [5.41, 5.74) is 1.72. The molecule has 0 bridgehead atoms. The summed E-state index contributed by atoms with van der Waals surface area (Å²) in [4.78, 5) is 0.213. The molecule has 1 atom stereocenters. The van der Waals surface area contributed by atoms with Gasteiger partial charge in [-0.25, -0.2) is 13.1 Å². The van der Waals surface area contributed by atoms with Gasteiger partial charge in [-0.1, -0.05) is 42.5 Å². The average molecular weight is 369 g/mol. The molecule has 0 aliphatic carbocycles. The van der Waals surface area contributed by atoms with Crippen molar-refractivity contribution in [1.82, 2.24) is 4.72 Å². The largest absolute Gasteiger partial charge is 0.493 e. The summed E-state index contributed by atoms with van der Waals surface area (Å²) in [5, 5.41) is 11.9. The van der Waals surface area contributed by atoms with Gasteiger partial charge in [-0.05, 0) is 34.7 Å². The minimum Gasteiger partial charge on any atom is -0.493 e. The summed E-state index contributed by atoms with van der Waals surface area (Å²) >= 11 is 0. The van der Waals surface area contributed by atoms with Crippen LogP contribution in [0.5, 0.6) is 5.75 Å². The van der Waals surface area contributed by atoms with E-state index in [1.807, 2.05) is 36.4 Å². The maximum atomic E-state index is 12.7. The van der Waals surface area contributed by atoms with Crippen LogP contribution in [-0.2, 0) is 16.4 Å². The lowest BCUT2D eigenvalue weighted by molar-refractivity contribution is 0.182. The number of ether oxygens (including phenoxy) is 1. The van der Waals surface area contributed by atoms with Crippen molar-refractivity contribution < 1.29 is 18.3 Å². The Bertz CT molecular complexity index is 1060. The van der Waals surface area contributed by atoms with Crippen molar-refractivity contribution in [3.63, 3.8) is 0 Å². The van der Waals surface area contributed by atoms with Crippen molar-refractivity contribution in [1.29, 1.82) is 0 Å². The molecule has 0 saturated carbocycles. The number of aliphatic hydroxyl groups is 1. The second kappa shape index (κ2) is 6.72. The van der Waals surface area contributed by atoms with Crippen LogP contribution < -0.4 is 9.46 Å². The normalized spacial score (nSPS) is 14.8. The fourth-order valence-electron chi connectivity index (χ4n) is 3.23. The molecule has 1 aliphatic heterocycles. The first-order chi connectivity index (χ1) is 12.5. The number of nitrogens with one attached hydrogen (secondary N) is 1. The Morgan fingerprint density at radius 2 is 1.88 bits per heavy atom. The molecule has 0 radical (unpaired) electrons. The van der Waals surface area contributed by atoms with Crippen LogP contribution in [0, 0.1) is 0 Å². The molecule has 0 saturated heterocycles. The second-order valence-electron chi connectivity index (χ2n) is 6.31. The van der Waals surface area contributed by atoms with Crippen molar-refractivity contribution in [3.8, 4) is 5.75 Å². The summed E-state index contributed by atoms with van der Waals surface area (Å²) in [5.74, 6) is 0.831. The molecule has 26 heavy (non-hydrogen) atoms. The second-order valence-corrected chi connectivity index (χ2v) is 8.05. The van der Waals surface area contributed by atoms with E-state index < -0.39 is 16.1 Å². The molecule has 4 rings (SSSR count). The number of hydrogen-bond acceptors (Lipinski definition) is 4. The molecule has 0 unspecified atom stereocenters. The SMILES string of the molecule is O=S(=O)(NC[C@@H](O)c1ccc2c(c1)CCO2)c1cccc2ccccc12. The third kappa shape index (κ3) is 3.19. The van der Waals surface area contributed by atoms with Crippen molar-refractivity contribution in [2.75, 3.05) is 13.2 Å². The molecule has 0 fully saturated rings. The highest BCUT2D eigenvalue weighted by Crippen LogP contribution is 2.28. The highest BCUT2D eigenvalue weighted by molar-refractivity contribution is 7.89. The lowest BCUT2D eigenvalue weighted by Gasteiger charge is -2.14. The summed E-state index contributed by atoms with van der Waals surface area (Å²) < 4.78 is 33.4. The molecule has 134 valence electrons. The molecule has 0 aromatic heterocycles. The Morgan fingerprint density at radius 1 is 1.08 bits per heavy atom. The van der Waals surface area contributed by atoms with E-state index in [9.17, 15) is 13.5 Å². The van der Waals surface area contributed by atoms with Gasteiger partial charge >= 0.3 is 0 Å². The summed E-state index contributed by atoms with van der Waals surface area (Å²) in [6, 6.07) is 17.9. The van der Waals surface area contributed by atoms with E-state index >= 15 is 0 Å². The van der Waals surface area contributed by atoms with Gasteiger partial charge in [-0.3, -0.25) is 0 Å². The lowest BCUT2D eigenvalue weighted by atomic mass is 10.0. The highest BCUT2D eigenvalue weighted by atomic mass is 32.2. The maximum absolute atomic E-state index is 12.7. The van der Waals surface area contributed by atoms with Gasteiger partial charge in [0.2, 0.25) is 10.0 Å². The number of hydrogen-bond donors (Lipinski definition) is 2. The molecule has 6 heteroatoms. The van der Waals surface area contributed by atoms with Crippen LogP contribution in [0.2, 0.25) is 0 Å². The van der Waals surface area contributed by atoms with E-state index in [0.29, 0.717) is 17.6 Å². The average Bonchev–Trinajstić information content (AvgIpc) is 3.13. The van der Waals surface area contributed by atoms with Crippen molar-refractivity contribution >= 4 is 20.8 Å². The van der Waals surface area contributed by atoms with Gasteiger partial charge in [0.25, 0.3) is 0 Å². The third-order valence-electron chi connectivity index (χ3n) is 4.60. The van der Waals surface area contributed by atoms with E-state index in [-0.39, 0.29) is 11.4 Å². The Balaban J connectivity index is 1.54. The monoisotopic (exact) mass is 369 g/mol. The zero-order valence-corrected chi connectivity index (χ0v) is 14.9. The fraction of sp³-hybridized carbons (Fsp3) is 0.200. The van der Waals surface area contributed by atoms with Gasteiger partial charge in [0.15, 0.2) is 0 Å². The summed E-state index contributed by atoms with van der Waals surface area (Å²) in [6.07, 6.45) is -0.122. The molecule has 5 nitrogen and oxygen atoms in total. The summed E-state index contributed by atoms with van der Waals surface area (Å²) in [7, 11) is -3.74. The quantitative estimate of drug-likeness (QED) is 0.725. The van der Waals surface area contributed by atoms with Gasteiger partial charge in [0.05, 0.1) is 17.6 Å². The first-order valence-corrected chi connectivity index (χ1v) is 9.94. The first kappa shape index (κ1) is 17.0. The number of sulfonamides is 1. The number of fused-ring (bicyclic) bond motifs is 2. The predicted molar refractivity (Wildman–Crippen MR) is 99.7 cm³/mol. The molecule has 1 heterocycles. The third-order valence-corrected chi connectivity index (χ3v) is 6.09. The maximum Gasteiger partial charge on any atom is 0.241 e. The number of benzene rings is 3. The number of rotatable bonds is 5. The van der Waals surface area contributed by atoms with Gasteiger partial charge < -0.3 is 9.84 Å². The van der Waals surface area contributed by atoms with E-state index in [1.54, 1.807) is 24.3 Å². The Morgan fingerprint density at radius 3 is 2.77 bits per heavy atom. The van der Waals surface area contributed by atoms with E-state index in [2.05, 4.69) is 4.72 Å². The van der Waals surface area contributed by atoms with Gasteiger partial charge in [0.1, 0.15) is 5.75 Å². The smallest absolute Gasteiger partial charge is 0.241 e. The fourth-order valence-corrected chi connectivity index (χ4v) is 4.49. The van der Waals surface area contributed by atoms with E-state index in [4.69, 9.17) is 4.74 Å². The first-order valence-electron chi connectivity index (χ1n) is 8.46. The molecular formula is C20H19NO4S. The van der Waals surface area contributed by atoms with Gasteiger partial charge in [-0.2, -0.15) is 0 Å². The Hall–Kier alpha value is -2.41. The van der Waals surface area contributed by atoms with Crippen LogP contribution in [0.25, 0.3) is 10.8 Å². The van der Waals surface area contributed by atoms with Crippen LogP contribution in [-0.4, -0.2) is 26.7 Å². The molecule has 2 N–H and O–H groups in total. The highest BCUT2D eigenvalue weighted by Gasteiger charge is 2.20. The van der Waals surface area contributed by atoms with Crippen LogP contribution in [0.4, 0.5) is 0 Å². The zero-order chi connectivity index (χ0) is 18.1. The van der Waals surface area contributed by atoms with Gasteiger partial charge in [0, 0.05) is 18.4 Å². The zero-order valence-electron chi connectivity index (χ0n) is 14.1. The predicted octanol–water partition coefficient (Wildman–Crippen LogP) is 2.79. The standard InChI is InChI=1S/C20H19NO4S/c22-18(15-8-9-19-16(12-15)10-11-25-19)13-21-26(23,24)20-7-3-5-14-4-1-2-6-17(14)20/h1-9,12,18,21-22H,10-11,13H2/t18-/m1/s1. The molecule has 0 amide bonds.